The molecule has 0 spiro atoms. The van der Waals surface area contributed by atoms with Crippen LogP contribution in [0.15, 0.2) is 30.3 Å². The van der Waals surface area contributed by atoms with Crippen LogP contribution in [-0.2, 0) is 6.42 Å². The highest BCUT2D eigenvalue weighted by Crippen LogP contribution is 2.10. The van der Waals surface area contributed by atoms with Gasteiger partial charge in [0.2, 0.25) is 0 Å². The van der Waals surface area contributed by atoms with Gasteiger partial charge < -0.3 is 0 Å². The molecule has 0 atom stereocenters. The highest BCUT2D eigenvalue weighted by molar-refractivity contribution is 14.1. The van der Waals surface area contributed by atoms with Crippen molar-refractivity contribution in [2.45, 2.75) is 44.9 Å². The standard InChI is InChI=1S/C14H21I/c15-13-9-4-2-1-3-6-10-14-11-7-5-8-12-14/h5,7-8,11-12H,1-4,6,9-10,13H2. The third kappa shape index (κ3) is 6.93. The van der Waals surface area contributed by atoms with Crippen molar-refractivity contribution in [3.63, 3.8) is 0 Å². The number of alkyl halides is 1. The zero-order valence-electron chi connectivity index (χ0n) is 9.42. The minimum absolute atomic E-state index is 1.26. The van der Waals surface area contributed by atoms with Crippen molar-refractivity contribution in [3.8, 4) is 0 Å². The summed E-state index contributed by atoms with van der Waals surface area (Å²) in [5.74, 6) is 0. The minimum atomic E-state index is 1.26. The predicted octanol–water partition coefficient (Wildman–Crippen LogP) is 5.00. The molecule has 1 heteroatoms. The van der Waals surface area contributed by atoms with Crippen molar-refractivity contribution in [2.75, 3.05) is 4.43 Å². The van der Waals surface area contributed by atoms with Gasteiger partial charge in [0, 0.05) is 0 Å². The van der Waals surface area contributed by atoms with Crippen LogP contribution in [0.3, 0.4) is 0 Å². The van der Waals surface area contributed by atoms with E-state index in [9.17, 15) is 0 Å². The molecule has 0 aromatic heterocycles. The van der Waals surface area contributed by atoms with Crippen LogP contribution in [0.25, 0.3) is 0 Å². The first-order valence-corrected chi connectivity index (χ1v) is 7.56. The Hall–Kier alpha value is -0.0500. The van der Waals surface area contributed by atoms with Gasteiger partial charge in [-0.15, -0.1) is 0 Å². The van der Waals surface area contributed by atoms with Gasteiger partial charge in [-0.1, -0.05) is 78.6 Å². The molecular formula is C14H21I. The maximum absolute atomic E-state index is 2.46. The van der Waals surface area contributed by atoms with Gasteiger partial charge in [-0.25, -0.2) is 0 Å². The largest absolute Gasteiger partial charge is 0.0864 e. The van der Waals surface area contributed by atoms with E-state index in [0.717, 1.165) is 0 Å². The van der Waals surface area contributed by atoms with E-state index in [1.54, 1.807) is 0 Å². The van der Waals surface area contributed by atoms with Crippen molar-refractivity contribution in [1.82, 2.24) is 0 Å². The lowest BCUT2D eigenvalue weighted by Crippen LogP contribution is -1.85. The Bertz CT molecular complexity index is 230. The molecule has 1 aromatic carbocycles. The molecule has 0 saturated heterocycles. The highest BCUT2D eigenvalue weighted by Gasteiger charge is 1.93. The molecule has 0 heterocycles. The van der Waals surface area contributed by atoms with Gasteiger partial charge in [-0.3, -0.25) is 0 Å². The molecule has 0 fully saturated rings. The van der Waals surface area contributed by atoms with Crippen LogP contribution < -0.4 is 0 Å². The maximum Gasteiger partial charge on any atom is -0.000473 e. The molecule has 15 heavy (non-hydrogen) atoms. The number of hydrogen-bond donors (Lipinski definition) is 0. The number of hydrogen-bond acceptors (Lipinski definition) is 0. The van der Waals surface area contributed by atoms with Crippen molar-refractivity contribution in [1.29, 1.82) is 0 Å². The summed E-state index contributed by atoms with van der Waals surface area (Å²) in [6.07, 6.45) is 9.69. The number of benzene rings is 1. The first-order chi connectivity index (χ1) is 7.43. The van der Waals surface area contributed by atoms with E-state index in [2.05, 4.69) is 52.9 Å². The van der Waals surface area contributed by atoms with Crippen molar-refractivity contribution >= 4 is 22.6 Å². The molecule has 1 aromatic rings. The summed E-state index contributed by atoms with van der Waals surface area (Å²) in [6.45, 7) is 0. The molecular weight excluding hydrogens is 295 g/mol. The minimum Gasteiger partial charge on any atom is -0.0864 e. The van der Waals surface area contributed by atoms with E-state index in [1.807, 2.05) is 0 Å². The zero-order valence-corrected chi connectivity index (χ0v) is 11.6. The first-order valence-electron chi connectivity index (χ1n) is 6.03. The fraction of sp³-hybridized carbons (Fsp3) is 0.571. The van der Waals surface area contributed by atoms with E-state index in [1.165, 1.54) is 54.9 Å². The molecule has 0 saturated carbocycles. The second kappa shape index (κ2) is 9.20. The van der Waals surface area contributed by atoms with Crippen LogP contribution >= 0.6 is 22.6 Å². The van der Waals surface area contributed by atoms with Crippen LogP contribution in [0.1, 0.15) is 44.1 Å². The third-order valence-corrected chi connectivity index (χ3v) is 3.45. The lowest BCUT2D eigenvalue weighted by Gasteiger charge is -2.01. The molecule has 0 N–H and O–H groups in total. The van der Waals surface area contributed by atoms with Gasteiger partial charge in [-0.2, -0.15) is 0 Å². The van der Waals surface area contributed by atoms with Crippen LogP contribution in [-0.4, -0.2) is 4.43 Å². The van der Waals surface area contributed by atoms with Gasteiger partial charge in [0.15, 0.2) is 0 Å². The Morgan fingerprint density at radius 2 is 1.33 bits per heavy atom. The molecule has 0 nitrogen and oxygen atoms in total. The molecule has 0 aliphatic heterocycles. The van der Waals surface area contributed by atoms with Crippen LogP contribution in [0.4, 0.5) is 0 Å². The number of aryl methyl sites for hydroxylation is 1. The lowest BCUT2D eigenvalue weighted by atomic mass is 10.1. The summed E-state index contributed by atoms with van der Waals surface area (Å²) < 4.78 is 1.32. The number of halogens is 1. The van der Waals surface area contributed by atoms with E-state index >= 15 is 0 Å². The molecule has 0 bridgehead atoms. The average Bonchev–Trinajstić information content (AvgIpc) is 2.29. The molecule has 84 valence electrons. The molecule has 0 unspecified atom stereocenters. The Kier molecular flexibility index (Phi) is 7.98. The Labute approximate surface area is 108 Å². The summed E-state index contributed by atoms with van der Waals surface area (Å²) in [5, 5.41) is 0. The van der Waals surface area contributed by atoms with E-state index in [-0.39, 0.29) is 0 Å². The van der Waals surface area contributed by atoms with Gasteiger partial charge >= 0.3 is 0 Å². The molecule has 1 rings (SSSR count). The Morgan fingerprint density at radius 3 is 2.00 bits per heavy atom. The number of rotatable bonds is 8. The molecule has 0 radical (unpaired) electrons. The Balaban J connectivity index is 1.93. The summed E-state index contributed by atoms with van der Waals surface area (Å²) in [6, 6.07) is 10.8. The summed E-state index contributed by atoms with van der Waals surface area (Å²) in [4.78, 5) is 0. The van der Waals surface area contributed by atoms with E-state index in [0.29, 0.717) is 0 Å². The highest BCUT2D eigenvalue weighted by atomic mass is 127. The zero-order chi connectivity index (χ0) is 10.8. The summed E-state index contributed by atoms with van der Waals surface area (Å²) >= 11 is 2.46. The van der Waals surface area contributed by atoms with Crippen LogP contribution in [0.2, 0.25) is 0 Å². The third-order valence-electron chi connectivity index (χ3n) is 2.69. The molecule has 0 amide bonds. The SMILES string of the molecule is ICCCCCCCCc1ccccc1. The first kappa shape index (κ1) is 13.0. The monoisotopic (exact) mass is 316 g/mol. The smallest absolute Gasteiger partial charge is 0.000473 e. The van der Waals surface area contributed by atoms with E-state index in [4.69, 9.17) is 0 Å². The summed E-state index contributed by atoms with van der Waals surface area (Å²) in [5.41, 5.74) is 1.49. The normalized spacial score (nSPS) is 10.5. The van der Waals surface area contributed by atoms with Gasteiger partial charge in [0.1, 0.15) is 0 Å². The fourth-order valence-electron chi connectivity index (χ4n) is 1.78. The van der Waals surface area contributed by atoms with Gasteiger partial charge in [0.25, 0.3) is 0 Å². The summed E-state index contributed by atoms with van der Waals surface area (Å²) in [7, 11) is 0. The second-order valence-corrected chi connectivity index (χ2v) is 5.12. The maximum atomic E-state index is 2.46. The quantitative estimate of drug-likeness (QED) is 0.359. The van der Waals surface area contributed by atoms with Crippen molar-refractivity contribution < 1.29 is 0 Å². The van der Waals surface area contributed by atoms with Crippen LogP contribution in [0, 0.1) is 0 Å². The van der Waals surface area contributed by atoms with Gasteiger partial charge in [0.05, 0.1) is 0 Å². The lowest BCUT2D eigenvalue weighted by molar-refractivity contribution is 0.611. The predicted molar refractivity (Wildman–Crippen MR) is 76.7 cm³/mol. The van der Waals surface area contributed by atoms with Crippen LogP contribution in [0.5, 0.6) is 0 Å². The molecule has 0 aliphatic rings. The van der Waals surface area contributed by atoms with Crippen molar-refractivity contribution in [2.24, 2.45) is 0 Å². The topological polar surface area (TPSA) is 0 Å². The fourth-order valence-corrected chi connectivity index (χ4v) is 2.31. The van der Waals surface area contributed by atoms with E-state index < -0.39 is 0 Å². The second-order valence-electron chi connectivity index (χ2n) is 4.05. The Morgan fingerprint density at radius 1 is 0.733 bits per heavy atom. The average molecular weight is 316 g/mol. The van der Waals surface area contributed by atoms with Crippen molar-refractivity contribution in [3.05, 3.63) is 35.9 Å². The van der Waals surface area contributed by atoms with Gasteiger partial charge in [-0.05, 0) is 29.3 Å². The molecule has 0 aliphatic carbocycles. The number of unbranched alkanes of at least 4 members (excludes halogenated alkanes) is 5.